The van der Waals surface area contributed by atoms with Crippen LogP contribution in [0.15, 0.2) is 53.9 Å². The van der Waals surface area contributed by atoms with Gasteiger partial charge in [-0.2, -0.15) is 0 Å². The molecule has 0 amide bonds. The molecular formula is C19H21NS. The predicted molar refractivity (Wildman–Crippen MR) is 92.9 cm³/mol. The Hall–Kier alpha value is -1.64. The Morgan fingerprint density at radius 2 is 1.76 bits per heavy atom. The molecular weight excluding hydrogens is 274 g/mol. The van der Waals surface area contributed by atoms with Gasteiger partial charge in [0, 0.05) is 10.2 Å². The molecule has 0 saturated heterocycles. The molecule has 0 fully saturated rings. The van der Waals surface area contributed by atoms with Crippen molar-refractivity contribution in [2.24, 2.45) is 5.73 Å². The number of fused-ring (bicyclic) bond motifs is 1. The molecule has 1 heterocycles. The third-order valence-corrected chi connectivity index (χ3v) is 5.15. The summed E-state index contributed by atoms with van der Waals surface area (Å²) in [6.45, 7) is 4.30. The Bertz CT molecular complexity index is 738. The van der Waals surface area contributed by atoms with Crippen LogP contribution in [-0.4, -0.2) is 0 Å². The zero-order chi connectivity index (χ0) is 14.9. The molecule has 0 spiro atoms. The normalized spacial score (nSPS) is 14.2. The van der Waals surface area contributed by atoms with Gasteiger partial charge in [0.15, 0.2) is 0 Å². The smallest absolute Gasteiger partial charge is 0.0422 e. The van der Waals surface area contributed by atoms with E-state index in [0.29, 0.717) is 0 Å². The third-order valence-electron chi connectivity index (χ3n) is 4.14. The van der Waals surface area contributed by atoms with Gasteiger partial charge in [0.1, 0.15) is 0 Å². The molecule has 0 saturated carbocycles. The second kappa shape index (κ2) is 5.63. The molecule has 2 heteroatoms. The SMILES string of the molecule is CCc1ccc(C(C)(N)Cc2csc3ccccc23)cc1. The van der Waals surface area contributed by atoms with E-state index in [1.807, 2.05) is 0 Å². The standard InChI is InChI=1S/C19H21NS/c1-3-14-8-10-16(11-9-14)19(2,20)12-15-13-21-18-7-5-4-6-17(15)18/h4-11,13H,3,12,20H2,1-2H3. The Morgan fingerprint density at radius 1 is 1.05 bits per heavy atom. The highest BCUT2D eigenvalue weighted by Crippen LogP contribution is 2.31. The zero-order valence-corrected chi connectivity index (χ0v) is 13.4. The van der Waals surface area contributed by atoms with E-state index in [2.05, 4.69) is 67.8 Å². The van der Waals surface area contributed by atoms with Crippen molar-refractivity contribution in [3.05, 3.63) is 70.6 Å². The Kier molecular flexibility index (Phi) is 3.83. The highest BCUT2D eigenvalue weighted by atomic mass is 32.1. The van der Waals surface area contributed by atoms with E-state index in [1.54, 1.807) is 11.3 Å². The van der Waals surface area contributed by atoms with Crippen LogP contribution in [0.1, 0.15) is 30.5 Å². The van der Waals surface area contributed by atoms with Crippen LogP contribution in [0.4, 0.5) is 0 Å². The average molecular weight is 295 g/mol. The minimum absolute atomic E-state index is 0.337. The Labute approximate surface area is 130 Å². The van der Waals surface area contributed by atoms with Gasteiger partial charge in [-0.15, -0.1) is 11.3 Å². The van der Waals surface area contributed by atoms with Crippen LogP contribution in [0, 0.1) is 0 Å². The lowest BCUT2D eigenvalue weighted by Gasteiger charge is -2.25. The summed E-state index contributed by atoms with van der Waals surface area (Å²) in [6.07, 6.45) is 1.93. The first kappa shape index (κ1) is 14.3. The first-order valence-corrected chi connectivity index (χ1v) is 8.31. The Morgan fingerprint density at radius 3 is 2.48 bits per heavy atom. The van der Waals surface area contributed by atoms with E-state index < -0.39 is 0 Å². The maximum Gasteiger partial charge on any atom is 0.0422 e. The number of nitrogens with two attached hydrogens (primary N) is 1. The molecule has 1 atom stereocenters. The number of aryl methyl sites for hydroxylation is 1. The summed E-state index contributed by atoms with van der Waals surface area (Å²) in [7, 11) is 0. The summed E-state index contributed by atoms with van der Waals surface area (Å²) in [5, 5.41) is 3.58. The molecule has 1 nitrogen and oxygen atoms in total. The van der Waals surface area contributed by atoms with Crippen LogP contribution >= 0.6 is 11.3 Å². The fourth-order valence-corrected chi connectivity index (χ4v) is 3.75. The molecule has 21 heavy (non-hydrogen) atoms. The molecule has 2 aromatic carbocycles. The van der Waals surface area contributed by atoms with Crippen LogP contribution in [0.5, 0.6) is 0 Å². The van der Waals surface area contributed by atoms with E-state index in [9.17, 15) is 0 Å². The molecule has 1 aromatic heterocycles. The molecule has 0 bridgehead atoms. The lowest BCUT2D eigenvalue weighted by atomic mass is 9.86. The van der Waals surface area contributed by atoms with Gasteiger partial charge in [-0.3, -0.25) is 0 Å². The quantitative estimate of drug-likeness (QED) is 0.729. The first-order chi connectivity index (χ1) is 10.1. The van der Waals surface area contributed by atoms with Gasteiger partial charge in [-0.05, 0) is 53.3 Å². The van der Waals surface area contributed by atoms with Gasteiger partial charge in [0.05, 0.1) is 0 Å². The van der Waals surface area contributed by atoms with E-state index >= 15 is 0 Å². The zero-order valence-electron chi connectivity index (χ0n) is 12.6. The van der Waals surface area contributed by atoms with E-state index in [0.717, 1.165) is 12.8 Å². The molecule has 0 aliphatic carbocycles. The number of rotatable bonds is 4. The third kappa shape index (κ3) is 2.87. The van der Waals surface area contributed by atoms with E-state index in [1.165, 1.54) is 26.8 Å². The van der Waals surface area contributed by atoms with Gasteiger partial charge >= 0.3 is 0 Å². The van der Waals surface area contributed by atoms with Gasteiger partial charge in [0.25, 0.3) is 0 Å². The maximum atomic E-state index is 6.62. The highest BCUT2D eigenvalue weighted by Gasteiger charge is 2.23. The predicted octanol–water partition coefficient (Wildman–Crippen LogP) is 4.88. The van der Waals surface area contributed by atoms with Crippen molar-refractivity contribution in [3.8, 4) is 0 Å². The topological polar surface area (TPSA) is 26.0 Å². The van der Waals surface area contributed by atoms with E-state index in [4.69, 9.17) is 5.73 Å². The lowest BCUT2D eigenvalue weighted by Crippen LogP contribution is -2.35. The van der Waals surface area contributed by atoms with Gasteiger partial charge in [-0.1, -0.05) is 49.4 Å². The Balaban J connectivity index is 1.91. The van der Waals surface area contributed by atoms with Crippen LogP contribution in [0.3, 0.4) is 0 Å². The monoisotopic (exact) mass is 295 g/mol. The largest absolute Gasteiger partial charge is 0.321 e. The van der Waals surface area contributed by atoms with E-state index in [-0.39, 0.29) is 5.54 Å². The first-order valence-electron chi connectivity index (χ1n) is 7.43. The summed E-state index contributed by atoms with van der Waals surface area (Å²) in [5.74, 6) is 0. The molecule has 0 aliphatic heterocycles. The molecule has 0 radical (unpaired) electrons. The number of hydrogen-bond donors (Lipinski definition) is 1. The summed E-state index contributed by atoms with van der Waals surface area (Å²) in [6, 6.07) is 17.3. The number of thiophene rings is 1. The molecule has 0 aliphatic rings. The second-order valence-electron chi connectivity index (χ2n) is 5.90. The minimum atomic E-state index is -0.337. The molecule has 108 valence electrons. The fraction of sp³-hybridized carbons (Fsp3) is 0.263. The van der Waals surface area contributed by atoms with Crippen molar-refractivity contribution in [1.82, 2.24) is 0 Å². The van der Waals surface area contributed by atoms with Crippen molar-refractivity contribution in [2.45, 2.75) is 32.2 Å². The number of benzene rings is 2. The molecule has 3 rings (SSSR count). The van der Waals surface area contributed by atoms with Crippen LogP contribution in [0.2, 0.25) is 0 Å². The summed E-state index contributed by atoms with van der Waals surface area (Å²) < 4.78 is 1.34. The maximum absolute atomic E-state index is 6.62. The van der Waals surface area contributed by atoms with Crippen molar-refractivity contribution in [3.63, 3.8) is 0 Å². The lowest BCUT2D eigenvalue weighted by molar-refractivity contribution is 0.493. The van der Waals surface area contributed by atoms with Crippen LogP contribution < -0.4 is 5.73 Å². The van der Waals surface area contributed by atoms with Gasteiger partial charge < -0.3 is 5.73 Å². The van der Waals surface area contributed by atoms with Crippen molar-refractivity contribution < 1.29 is 0 Å². The van der Waals surface area contributed by atoms with Gasteiger partial charge in [-0.25, -0.2) is 0 Å². The number of hydrogen-bond acceptors (Lipinski definition) is 2. The van der Waals surface area contributed by atoms with Crippen molar-refractivity contribution in [1.29, 1.82) is 0 Å². The van der Waals surface area contributed by atoms with Crippen LogP contribution in [-0.2, 0) is 18.4 Å². The average Bonchev–Trinajstić information content (AvgIpc) is 2.90. The molecule has 1 unspecified atom stereocenters. The summed E-state index contributed by atoms with van der Waals surface area (Å²) >= 11 is 1.80. The summed E-state index contributed by atoms with van der Waals surface area (Å²) in [4.78, 5) is 0. The second-order valence-corrected chi connectivity index (χ2v) is 6.81. The van der Waals surface area contributed by atoms with Crippen molar-refractivity contribution in [2.75, 3.05) is 0 Å². The van der Waals surface area contributed by atoms with Crippen molar-refractivity contribution >= 4 is 21.4 Å². The highest BCUT2D eigenvalue weighted by molar-refractivity contribution is 7.17. The summed E-state index contributed by atoms with van der Waals surface area (Å²) in [5.41, 5.74) is 10.2. The van der Waals surface area contributed by atoms with Crippen LogP contribution in [0.25, 0.3) is 10.1 Å². The molecule has 3 aromatic rings. The minimum Gasteiger partial charge on any atom is -0.321 e. The fourth-order valence-electron chi connectivity index (χ4n) is 2.79. The van der Waals surface area contributed by atoms with Gasteiger partial charge in [0.2, 0.25) is 0 Å². The molecule has 2 N–H and O–H groups in total.